The van der Waals surface area contributed by atoms with Crippen molar-refractivity contribution >= 4 is 5.91 Å². The molecular weight excluding hydrogens is 218 g/mol. The molecule has 0 radical (unpaired) electrons. The molecule has 2 aliphatic rings. The first-order valence-electron chi connectivity index (χ1n) is 6.58. The Bertz CT molecular complexity index is 264. The molecule has 2 rings (SSSR count). The maximum Gasteiger partial charge on any atom is 0.225 e. The van der Waals surface area contributed by atoms with Crippen LogP contribution in [-0.4, -0.2) is 66.2 Å². The molecule has 1 saturated heterocycles. The fourth-order valence-corrected chi connectivity index (χ4v) is 2.83. The summed E-state index contributed by atoms with van der Waals surface area (Å²) < 4.78 is 0. The quantitative estimate of drug-likeness (QED) is 0.682. The number of hydrogen-bond acceptors (Lipinski definition) is 4. The highest BCUT2D eigenvalue weighted by Gasteiger charge is 2.32. The van der Waals surface area contributed by atoms with Crippen molar-refractivity contribution in [3.05, 3.63) is 0 Å². The third-order valence-corrected chi connectivity index (χ3v) is 3.92. The zero-order valence-corrected chi connectivity index (χ0v) is 10.3. The smallest absolute Gasteiger partial charge is 0.225 e. The van der Waals surface area contributed by atoms with E-state index in [1.807, 2.05) is 4.90 Å². The minimum Gasteiger partial charge on any atom is -0.395 e. The standard InChI is InChI=1S/C12H23N3O2/c13-11-2-1-10(9-11)12(17)15-5-3-14(4-6-15)7-8-16/h10-11,16H,1-9,13H2/t10-,11+/m1/s1. The zero-order valence-electron chi connectivity index (χ0n) is 10.3. The van der Waals surface area contributed by atoms with Crippen LogP contribution in [0.4, 0.5) is 0 Å². The van der Waals surface area contributed by atoms with Crippen LogP contribution in [0, 0.1) is 5.92 Å². The van der Waals surface area contributed by atoms with Crippen LogP contribution in [0.3, 0.4) is 0 Å². The minimum absolute atomic E-state index is 0.161. The van der Waals surface area contributed by atoms with E-state index >= 15 is 0 Å². The van der Waals surface area contributed by atoms with Crippen LogP contribution in [0.2, 0.25) is 0 Å². The Balaban J connectivity index is 1.78. The van der Waals surface area contributed by atoms with Crippen molar-refractivity contribution in [2.45, 2.75) is 25.3 Å². The van der Waals surface area contributed by atoms with Crippen molar-refractivity contribution in [2.24, 2.45) is 11.7 Å². The molecule has 0 bridgehead atoms. The molecule has 3 N–H and O–H groups in total. The van der Waals surface area contributed by atoms with Crippen LogP contribution < -0.4 is 5.73 Å². The monoisotopic (exact) mass is 241 g/mol. The predicted octanol–water partition coefficient (Wildman–Crippen LogP) is -0.750. The SMILES string of the molecule is N[C@H]1CC[C@@H](C(=O)N2CCN(CCO)CC2)C1. The van der Waals surface area contributed by atoms with Crippen molar-refractivity contribution in [1.82, 2.24) is 9.80 Å². The summed E-state index contributed by atoms with van der Waals surface area (Å²) in [5.41, 5.74) is 5.85. The molecule has 1 aliphatic heterocycles. The minimum atomic E-state index is 0.161. The van der Waals surface area contributed by atoms with E-state index in [1.165, 1.54) is 0 Å². The summed E-state index contributed by atoms with van der Waals surface area (Å²) in [6.45, 7) is 4.27. The van der Waals surface area contributed by atoms with Crippen LogP contribution in [0.25, 0.3) is 0 Å². The highest BCUT2D eigenvalue weighted by atomic mass is 16.3. The van der Waals surface area contributed by atoms with Crippen LogP contribution in [0.5, 0.6) is 0 Å². The molecule has 0 unspecified atom stereocenters. The van der Waals surface area contributed by atoms with E-state index in [0.717, 1.165) is 52.0 Å². The van der Waals surface area contributed by atoms with Gasteiger partial charge in [-0.3, -0.25) is 9.69 Å². The van der Waals surface area contributed by atoms with Gasteiger partial charge in [-0.25, -0.2) is 0 Å². The van der Waals surface area contributed by atoms with Gasteiger partial charge in [0.15, 0.2) is 0 Å². The second-order valence-corrected chi connectivity index (χ2v) is 5.16. The van der Waals surface area contributed by atoms with Gasteiger partial charge in [0.05, 0.1) is 6.61 Å². The summed E-state index contributed by atoms with van der Waals surface area (Å²) in [6, 6.07) is 0.222. The highest BCUT2D eigenvalue weighted by molar-refractivity contribution is 5.79. The first-order chi connectivity index (χ1) is 8.20. The molecule has 1 heterocycles. The molecule has 2 fully saturated rings. The van der Waals surface area contributed by atoms with Crippen molar-refractivity contribution < 1.29 is 9.90 Å². The third kappa shape index (κ3) is 3.18. The van der Waals surface area contributed by atoms with E-state index in [-0.39, 0.29) is 18.6 Å². The van der Waals surface area contributed by atoms with E-state index in [9.17, 15) is 4.79 Å². The van der Waals surface area contributed by atoms with E-state index < -0.39 is 0 Å². The van der Waals surface area contributed by atoms with E-state index in [4.69, 9.17) is 10.8 Å². The van der Waals surface area contributed by atoms with Gasteiger partial charge in [-0.2, -0.15) is 0 Å². The molecule has 17 heavy (non-hydrogen) atoms. The van der Waals surface area contributed by atoms with Crippen molar-refractivity contribution in [3.8, 4) is 0 Å². The number of nitrogens with two attached hydrogens (primary N) is 1. The van der Waals surface area contributed by atoms with E-state index in [1.54, 1.807) is 0 Å². The summed E-state index contributed by atoms with van der Waals surface area (Å²) >= 11 is 0. The Morgan fingerprint density at radius 2 is 1.94 bits per heavy atom. The van der Waals surface area contributed by atoms with Gasteiger partial charge in [0.1, 0.15) is 0 Å². The summed E-state index contributed by atoms with van der Waals surface area (Å²) in [7, 11) is 0. The predicted molar refractivity (Wildman–Crippen MR) is 65.4 cm³/mol. The Kier molecular flexibility index (Phi) is 4.36. The van der Waals surface area contributed by atoms with Crippen LogP contribution in [0.1, 0.15) is 19.3 Å². The number of aliphatic hydroxyl groups is 1. The van der Waals surface area contributed by atoms with Gasteiger partial charge in [0, 0.05) is 44.7 Å². The summed E-state index contributed by atoms with van der Waals surface area (Å²) in [6.07, 6.45) is 2.80. The molecule has 1 saturated carbocycles. The van der Waals surface area contributed by atoms with E-state index in [0.29, 0.717) is 5.91 Å². The van der Waals surface area contributed by atoms with Crippen LogP contribution in [0.15, 0.2) is 0 Å². The number of aliphatic hydroxyl groups excluding tert-OH is 1. The molecule has 1 aliphatic carbocycles. The number of rotatable bonds is 3. The molecule has 0 aromatic heterocycles. The van der Waals surface area contributed by atoms with Crippen molar-refractivity contribution in [2.75, 3.05) is 39.3 Å². The Morgan fingerprint density at radius 1 is 1.24 bits per heavy atom. The Hall–Kier alpha value is -0.650. The lowest BCUT2D eigenvalue weighted by Crippen LogP contribution is -2.50. The lowest BCUT2D eigenvalue weighted by atomic mass is 10.1. The summed E-state index contributed by atoms with van der Waals surface area (Å²) in [5.74, 6) is 0.455. The second kappa shape index (κ2) is 5.80. The Labute approximate surface area is 103 Å². The number of β-amino-alcohol motifs (C(OH)–C–C–N with tert-alkyl or cyclic N) is 1. The van der Waals surface area contributed by atoms with Gasteiger partial charge < -0.3 is 15.7 Å². The van der Waals surface area contributed by atoms with Gasteiger partial charge in [-0.15, -0.1) is 0 Å². The van der Waals surface area contributed by atoms with Crippen molar-refractivity contribution in [1.29, 1.82) is 0 Å². The Morgan fingerprint density at radius 3 is 2.47 bits per heavy atom. The van der Waals surface area contributed by atoms with Crippen molar-refractivity contribution in [3.63, 3.8) is 0 Å². The molecule has 2 atom stereocenters. The number of nitrogens with zero attached hydrogens (tertiary/aromatic N) is 2. The maximum atomic E-state index is 12.2. The third-order valence-electron chi connectivity index (χ3n) is 3.92. The molecule has 0 aromatic carbocycles. The lowest BCUT2D eigenvalue weighted by Gasteiger charge is -2.35. The molecule has 0 aromatic rings. The maximum absolute atomic E-state index is 12.2. The van der Waals surface area contributed by atoms with Gasteiger partial charge in [-0.1, -0.05) is 0 Å². The number of hydrogen-bond donors (Lipinski definition) is 2. The van der Waals surface area contributed by atoms with E-state index in [2.05, 4.69) is 4.90 Å². The molecule has 98 valence electrons. The fraction of sp³-hybridized carbons (Fsp3) is 0.917. The highest BCUT2D eigenvalue weighted by Crippen LogP contribution is 2.26. The fourth-order valence-electron chi connectivity index (χ4n) is 2.83. The number of piperazine rings is 1. The molecule has 5 nitrogen and oxygen atoms in total. The number of amides is 1. The second-order valence-electron chi connectivity index (χ2n) is 5.16. The zero-order chi connectivity index (χ0) is 12.3. The summed E-state index contributed by atoms with van der Waals surface area (Å²) in [5, 5.41) is 8.86. The molecular formula is C12H23N3O2. The molecule has 0 spiro atoms. The molecule has 1 amide bonds. The number of carbonyl (C=O) groups is 1. The first-order valence-corrected chi connectivity index (χ1v) is 6.58. The van der Waals surface area contributed by atoms with Crippen LogP contribution in [-0.2, 0) is 4.79 Å². The van der Waals surface area contributed by atoms with Gasteiger partial charge in [0.2, 0.25) is 5.91 Å². The molecule has 5 heteroatoms. The number of carbonyl (C=O) groups excluding carboxylic acids is 1. The first kappa shape index (κ1) is 12.8. The topological polar surface area (TPSA) is 69.8 Å². The summed E-state index contributed by atoms with van der Waals surface area (Å²) in [4.78, 5) is 16.4. The lowest BCUT2D eigenvalue weighted by molar-refractivity contribution is -0.137. The van der Waals surface area contributed by atoms with Crippen LogP contribution >= 0.6 is 0 Å². The normalized spacial score (nSPS) is 30.8. The average molecular weight is 241 g/mol. The van der Waals surface area contributed by atoms with Gasteiger partial charge in [0.25, 0.3) is 0 Å². The van der Waals surface area contributed by atoms with Gasteiger partial charge in [-0.05, 0) is 19.3 Å². The van der Waals surface area contributed by atoms with Gasteiger partial charge >= 0.3 is 0 Å². The largest absolute Gasteiger partial charge is 0.395 e. The average Bonchev–Trinajstić information content (AvgIpc) is 2.76.